The minimum atomic E-state index is -1.05. The summed E-state index contributed by atoms with van der Waals surface area (Å²) in [6.07, 6.45) is 1.15. The topological polar surface area (TPSA) is 143 Å². The van der Waals surface area contributed by atoms with E-state index in [9.17, 15) is 24.8 Å². The van der Waals surface area contributed by atoms with Gasteiger partial charge in [-0.15, -0.1) is 0 Å². The Balaban J connectivity index is 1.95. The van der Waals surface area contributed by atoms with Crippen LogP contribution in [0.3, 0.4) is 0 Å². The van der Waals surface area contributed by atoms with Crippen LogP contribution in [0.25, 0.3) is 0 Å². The van der Waals surface area contributed by atoms with Crippen LogP contribution in [0.2, 0.25) is 0 Å². The number of ether oxygens (including phenoxy) is 1. The molecule has 10 heteroatoms. The molecule has 0 aliphatic heterocycles. The Bertz CT molecular complexity index is 864. The Morgan fingerprint density at radius 1 is 1.19 bits per heavy atom. The Morgan fingerprint density at radius 3 is 2.50 bits per heavy atom. The third-order valence-corrected chi connectivity index (χ3v) is 3.16. The van der Waals surface area contributed by atoms with Crippen molar-refractivity contribution < 1.29 is 24.4 Å². The molecule has 10 nitrogen and oxygen atoms in total. The summed E-state index contributed by atoms with van der Waals surface area (Å²) in [6.45, 7) is 0. The number of hydrogen-bond acceptors (Lipinski definition) is 7. The first-order valence-corrected chi connectivity index (χ1v) is 7.17. The van der Waals surface area contributed by atoms with Crippen LogP contribution in [0.15, 0.2) is 47.6 Å². The van der Waals surface area contributed by atoms with Crippen LogP contribution >= 0.6 is 0 Å². The van der Waals surface area contributed by atoms with Crippen molar-refractivity contribution in [3.8, 4) is 11.5 Å². The zero-order chi connectivity index (χ0) is 19.1. The van der Waals surface area contributed by atoms with E-state index in [2.05, 4.69) is 10.4 Å². The van der Waals surface area contributed by atoms with Crippen LogP contribution in [-0.2, 0) is 9.59 Å². The fourth-order valence-electron chi connectivity index (χ4n) is 1.87. The van der Waals surface area contributed by atoms with E-state index in [4.69, 9.17) is 4.74 Å². The van der Waals surface area contributed by atoms with Crippen molar-refractivity contribution in [1.29, 1.82) is 0 Å². The maximum absolute atomic E-state index is 11.7. The number of nitro benzene ring substituents is 1. The second-order valence-electron chi connectivity index (χ2n) is 4.86. The van der Waals surface area contributed by atoms with E-state index in [1.807, 2.05) is 5.43 Å². The van der Waals surface area contributed by atoms with Crippen molar-refractivity contribution in [3.05, 3.63) is 58.1 Å². The van der Waals surface area contributed by atoms with Gasteiger partial charge in [-0.25, -0.2) is 5.43 Å². The number of carbonyl (C=O) groups is 2. The minimum absolute atomic E-state index is 0.143. The van der Waals surface area contributed by atoms with E-state index < -0.39 is 16.7 Å². The molecule has 134 valence electrons. The maximum Gasteiger partial charge on any atom is 0.329 e. The summed E-state index contributed by atoms with van der Waals surface area (Å²) in [7, 11) is 1.39. The molecule has 0 spiro atoms. The average Bonchev–Trinajstić information content (AvgIpc) is 2.63. The van der Waals surface area contributed by atoms with Gasteiger partial charge in [0.1, 0.15) is 0 Å². The molecule has 0 atom stereocenters. The number of rotatable bonds is 5. The minimum Gasteiger partial charge on any atom is -0.504 e. The lowest BCUT2D eigenvalue weighted by Crippen LogP contribution is -2.32. The standard InChI is InChI=1S/C16H14N4O6/c1-26-13-4-2-3-10(14(13)21)9-17-19-16(23)15(22)18-11-5-7-12(8-6-11)20(24)25/h2-9,21H,1H3,(H,18,22)(H,19,23)/b17-9-. The van der Waals surface area contributed by atoms with E-state index in [0.29, 0.717) is 0 Å². The molecule has 0 aliphatic rings. The highest BCUT2D eigenvalue weighted by molar-refractivity contribution is 6.39. The van der Waals surface area contributed by atoms with Crippen molar-refractivity contribution in [3.63, 3.8) is 0 Å². The van der Waals surface area contributed by atoms with E-state index >= 15 is 0 Å². The molecular weight excluding hydrogens is 344 g/mol. The smallest absolute Gasteiger partial charge is 0.329 e. The van der Waals surface area contributed by atoms with Gasteiger partial charge in [0.05, 0.1) is 18.2 Å². The summed E-state index contributed by atoms with van der Waals surface area (Å²) in [5.41, 5.74) is 2.35. The van der Waals surface area contributed by atoms with Gasteiger partial charge in [-0.1, -0.05) is 6.07 Å². The number of hydrazone groups is 1. The molecule has 26 heavy (non-hydrogen) atoms. The molecule has 0 aliphatic carbocycles. The normalized spacial score (nSPS) is 10.3. The number of phenolic OH excluding ortho intramolecular Hbond substituents is 1. The maximum atomic E-state index is 11.7. The van der Waals surface area contributed by atoms with Crippen LogP contribution < -0.4 is 15.5 Å². The van der Waals surface area contributed by atoms with Crippen molar-refractivity contribution >= 4 is 29.4 Å². The predicted molar refractivity (Wildman–Crippen MR) is 92.1 cm³/mol. The summed E-state index contributed by atoms with van der Waals surface area (Å²) >= 11 is 0. The van der Waals surface area contributed by atoms with E-state index in [1.54, 1.807) is 12.1 Å². The van der Waals surface area contributed by atoms with Gasteiger partial charge >= 0.3 is 11.8 Å². The molecule has 0 fully saturated rings. The molecule has 3 N–H and O–H groups in total. The summed E-state index contributed by atoms with van der Waals surface area (Å²) in [6, 6.07) is 9.66. The molecule has 2 aromatic rings. The number of methoxy groups -OCH3 is 1. The molecule has 0 saturated carbocycles. The third-order valence-electron chi connectivity index (χ3n) is 3.16. The fraction of sp³-hybridized carbons (Fsp3) is 0.0625. The summed E-state index contributed by atoms with van der Waals surface area (Å²) in [5.74, 6) is -1.99. The molecule has 2 amide bonds. The zero-order valence-corrected chi connectivity index (χ0v) is 13.5. The fourth-order valence-corrected chi connectivity index (χ4v) is 1.87. The van der Waals surface area contributed by atoms with Crippen LogP contribution in [0.1, 0.15) is 5.56 Å². The molecule has 0 heterocycles. The van der Waals surface area contributed by atoms with Crippen LogP contribution in [0.5, 0.6) is 11.5 Å². The number of nitrogens with zero attached hydrogens (tertiary/aromatic N) is 2. The number of nitro groups is 1. The molecule has 2 rings (SSSR count). The number of amides is 2. The van der Waals surface area contributed by atoms with Crippen molar-refractivity contribution in [2.75, 3.05) is 12.4 Å². The SMILES string of the molecule is COc1cccc(/C=N\NC(=O)C(=O)Nc2ccc([N+](=O)[O-])cc2)c1O. The summed E-state index contributed by atoms with van der Waals surface area (Å²) < 4.78 is 4.94. The molecule has 0 bridgehead atoms. The van der Waals surface area contributed by atoms with Crippen LogP contribution in [0, 0.1) is 10.1 Å². The van der Waals surface area contributed by atoms with Crippen LogP contribution in [-0.4, -0.2) is 35.2 Å². The molecule has 0 saturated heterocycles. The number of carbonyl (C=O) groups excluding carboxylic acids is 2. The Morgan fingerprint density at radius 2 is 1.88 bits per heavy atom. The monoisotopic (exact) mass is 358 g/mol. The first-order valence-electron chi connectivity index (χ1n) is 7.17. The van der Waals surface area contributed by atoms with Gasteiger partial charge in [-0.05, 0) is 24.3 Å². The highest BCUT2D eigenvalue weighted by atomic mass is 16.6. The van der Waals surface area contributed by atoms with Crippen molar-refractivity contribution in [2.45, 2.75) is 0 Å². The second kappa shape index (κ2) is 8.24. The number of anilines is 1. The first kappa shape index (κ1) is 18.4. The van der Waals surface area contributed by atoms with E-state index in [-0.39, 0.29) is 28.4 Å². The van der Waals surface area contributed by atoms with E-state index in [0.717, 1.165) is 6.21 Å². The molecular formula is C16H14N4O6. The second-order valence-corrected chi connectivity index (χ2v) is 4.86. The number of benzene rings is 2. The molecule has 0 radical (unpaired) electrons. The van der Waals surface area contributed by atoms with Gasteiger partial charge in [-0.3, -0.25) is 19.7 Å². The Hall–Kier alpha value is -3.95. The third kappa shape index (κ3) is 4.54. The number of phenols is 1. The highest BCUT2D eigenvalue weighted by Crippen LogP contribution is 2.27. The van der Waals surface area contributed by atoms with Crippen LogP contribution in [0.4, 0.5) is 11.4 Å². The average molecular weight is 358 g/mol. The van der Waals surface area contributed by atoms with Crippen molar-refractivity contribution in [1.82, 2.24) is 5.43 Å². The van der Waals surface area contributed by atoms with Gasteiger partial charge in [0.25, 0.3) is 5.69 Å². The number of para-hydroxylation sites is 1. The largest absolute Gasteiger partial charge is 0.504 e. The lowest BCUT2D eigenvalue weighted by Gasteiger charge is -2.05. The first-order chi connectivity index (χ1) is 12.4. The molecule has 2 aromatic carbocycles. The quantitative estimate of drug-likeness (QED) is 0.319. The zero-order valence-electron chi connectivity index (χ0n) is 13.5. The number of aromatic hydroxyl groups is 1. The predicted octanol–water partition coefficient (Wildman–Crippen LogP) is 1.40. The van der Waals surface area contributed by atoms with Gasteiger partial charge in [0.2, 0.25) is 0 Å². The van der Waals surface area contributed by atoms with E-state index in [1.165, 1.54) is 37.4 Å². The van der Waals surface area contributed by atoms with Gasteiger partial charge in [0.15, 0.2) is 11.5 Å². The Labute approximate surface area is 147 Å². The summed E-state index contributed by atoms with van der Waals surface area (Å²) in [4.78, 5) is 33.4. The number of non-ortho nitro benzene ring substituents is 1. The van der Waals surface area contributed by atoms with Gasteiger partial charge in [0, 0.05) is 23.4 Å². The lowest BCUT2D eigenvalue weighted by atomic mass is 10.2. The molecule has 0 unspecified atom stereocenters. The lowest BCUT2D eigenvalue weighted by molar-refractivity contribution is -0.384. The van der Waals surface area contributed by atoms with Gasteiger partial charge in [-0.2, -0.15) is 5.10 Å². The van der Waals surface area contributed by atoms with Gasteiger partial charge < -0.3 is 15.2 Å². The summed E-state index contributed by atoms with van der Waals surface area (Å²) in [5, 5.41) is 26.3. The highest BCUT2D eigenvalue weighted by Gasteiger charge is 2.14. The number of nitrogens with one attached hydrogen (secondary N) is 2. The van der Waals surface area contributed by atoms with Crippen molar-refractivity contribution in [2.24, 2.45) is 5.10 Å². The molecule has 0 aromatic heterocycles. The number of hydrogen-bond donors (Lipinski definition) is 3. The Kier molecular flexibility index (Phi) is 5.83.